The van der Waals surface area contributed by atoms with E-state index in [0.29, 0.717) is 16.9 Å². The van der Waals surface area contributed by atoms with Crippen LogP contribution in [0.1, 0.15) is 50.3 Å². The van der Waals surface area contributed by atoms with E-state index < -0.39 is 11.5 Å². The third-order valence-corrected chi connectivity index (χ3v) is 5.38. The van der Waals surface area contributed by atoms with Crippen LogP contribution in [-0.2, 0) is 5.41 Å². The molecule has 2 aromatic carbocycles. The van der Waals surface area contributed by atoms with E-state index in [0.717, 1.165) is 22.1 Å². The van der Waals surface area contributed by atoms with Gasteiger partial charge in [0.05, 0.1) is 20.3 Å². The van der Waals surface area contributed by atoms with Gasteiger partial charge in [-0.3, -0.25) is 4.79 Å². The number of aliphatic hydroxyl groups is 1. The van der Waals surface area contributed by atoms with Gasteiger partial charge < -0.3 is 14.6 Å². The summed E-state index contributed by atoms with van der Waals surface area (Å²) >= 11 is 0. The predicted molar refractivity (Wildman–Crippen MR) is 105 cm³/mol. The van der Waals surface area contributed by atoms with Crippen LogP contribution in [0.2, 0.25) is 0 Å². The van der Waals surface area contributed by atoms with E-state index in [4.69, 9.17) is 9.47 Å². The number of ether oxygens (including phenoxy) is 2. The Labute approximate surface area is 154 Å². The van der Waals surface area contributed by atoms with Gasteiger partial charge in [0.15, 0.2) is 16.9 Å². The van der Waals surface area contributed by atoms with Gasteiger partial charge in [-0.1, -0.05) is 39.8 Å². The smallest absolute Gasteiger partial charge is 0.186 e. The van der Waals surface area contributed by atoms with Gasteiger partial charge in [0.1, 0.15) is 0 Å². The SMILES string of the molecule is COc1c(C(C)C)cc2c(=O)cc3c(cc2c1OC)C=C[C@H](O)C3(C)C. The number of methoxy groups -OCH3 is 2. The summed E-state index contributed by atoms with van der Waals surface area (Å²) in [5.74, 6) is 1.41. The van der Waals surface area contributed by atoms with Crippen LogP contribution < -0.4 is 14.9 Å². The third-order valence-electron chi connectivity index (χ3n) is 5.38. The fraction of sp³-hybridized carbons (Fsp3) is 0.409. The van der Waals surface area contributed by atoms with Gasteiger partial charge >= 0.3 is 0 Å². The Kier molecular flexibility index (Phi) is 4.57. The first-order valence-electron chi connectivity index (χ1n) is 8.86. The molecule has 0 fully saturated rings. The number of hydrogen-bond donors (Lipinski definition) is 1. The Morgan fingerprint density at radius 2 is 1.69 bits per heavy atom. The molecule has 1 N–H and O–H groups in total. The van der Waals surface area contributed by atoms with Crippen molar-refractivity contribution < 1.29 is 14.6 Å². The first-order chi connectivity index (χ1) is 12.2. The van der Waals surface area contributed by atoms with Crippen LogP contribution in [0.5, 0.6) is 11.5 Å². The summed E-state index contributed by atoms with van der Waals surface area (Å²) in [6.45, 7) is 8.01. The van der Waals surface area contributed by atoms with Crippen LogP contribution in [0.15, 0.2) is 29.1 Å². The van der Waals surface area contributed by atoms with E-state index in [1.54, 1.807) is 26.4 Å². The lowest BCUT2D eigenvalue weighted by molar-refractivity contribution is 0.143. The van der Waals surface area contributed by atoms with Crippen LogP contribution in [-0.4, -0.2) is 25.4 Å². The van der Waals surface area contributed by atoms with Gasteiger partial charge in [0.2, 0.25) is 0 Å². The minimum Gasteiger partial charge on any atom is -0.493 e. The molecule has 0 aromatic heterocycles. The highest BCUT2D eigenvalue weighted by Gasteiger charge is 2.33. The normalized spacial score (nSPS) is 18.1. The zero-order valence-electron chi connectivity index (χ0n) is 16.2. The molecule has 0 heterocycles. The summed E-state index contributed by atoms with van der Waals surface area (Å²) in [6.07, 6.45) is 3.00. The van der Waals surface area contributed by atoms with E-state index in [9.17, 15) is 9.90 Å². The van der Waals surface area contributed by atoms with Crippen LogP contribution in [0.4, 0.5) is 0 Å². The van der Waals surface area contributed by atoms with E-state index in [1.807, 2.05) is 32.1 Å². The Hall–Kier alpha value is -2.33. The third kappa shape index (κ3) is 2.69. The summed E-state index contributed by atoms with van der Waals surface area (Å²) in [5, 5.41) is 11.7. The molecule has 2 aromatic rings. The maximum atomic E-state index is 13.1. The van der Waals surface area contributed by atoms with Crippen LogP contribution >= 0.6 is 0 Å². The maximum Gasteiger partial charge on any atom is 0.186 e. The number of aliphatic hydroxyl groups excluding tert-OH is 1. The van der Waals surface area contributed by atoms with Crippen LogP contribution in [0.3, 0.4) is 0 Å². The van der Waals surface area contributed by atoms with Crippen molar-refractivity contribution in [3.05, 3.63) is 51.2 Å². The molecule has 0 saturated carbocycles. The number of rotatable bonds is 3. The monoisotopic (exact) mass is 354 g/mol. The topological polar surface area (TPSA) is 55.8 Å². The molecule has 4 nitrogen and oxygen atoms in total. The highest BCUT2D eigenvalue weighted by atomic mass is 16.5. The molecule has 0 radical (unpaired) electrons. The minimum atomic E-state index is -0.637. The lowest BCUT2D eigenvalue weighted by Crippen LogP contribution is -2.34. The lowest BCUT2D eigenvalue weighted by Gasteiger charge is -2.32. The van der Waals surface area contributed by atoms with Crippen molar-refractivity contribution in [3.63, 3.8) is 0 Å². The summed E-state index contributed by atoms with van der Waals surface area (Å²) in [4.78, 5) is 13.1. The van der Waals surface area contributed by atoms with E-state index in [-0.39, 0.29) is 11.3 Å². The number of fused-ring (bicyclic) bond motifs is 2. The molecule has 0 saturated heterocycles. The summed E-state index contributed by atoms with van der Waals surface area (Å²) in [6, 6.07) is 5.52. The zero-order chi connectivity index (χ0) is 19.2. The summed E-state index contributed by atoms with van der Waals surface area (Å²) in [5.41, 5.74) is 2.05. The molecule has 0 unspecified atom stereocenters. The predicted octanol–water partition coefficient (Wildman–Crippen LogP) is 4.01. The zero-order valence-corrected chi connectivity index (χ0v) is 16.2. The molecule has 0 spiro atoms. The molecule has 1 aliphatic rings. The molecule has 0 aliphatic heterocycles. The van der Waals surface area contributed by atoms with Crippen molar-refractivity contribution in [1.29, 1.82) is 0 Å². The second kappa shape index (κ2) is 6.44. The van der Waals surface area contributed by atoms with Crippen LogP contribution in [0.25, 0.3) is 16.8 Å². The second-order valence-electron chi connectivity index (χ2n) is 7.70. The molecule has 26 heavy (non-hydrogen) atoms. The highest BCUT2D eigenvalue weighted by molar-refractivity contribution is 5.93. The fourth-order valence-electron chi connectivity index (χ4n) is 3.68. The average molecular weight is 354 g/mol. The van der Waals surface area contributed by atoms with E-state index >= 15 is 0 Å². The molecule has 1 atom stereocenters. The molecular weight excluding hydrogens is 328 g/mol. The minimum absolute atomic E-state index is 0.0836. The Bertz CT molecular complexity index is 955. The molecule has 3 rings (SSSR count). The Morgan fingerprint density at radius 1 is 1.04 bits per heavy atom. The lowest BCUT2D eigenvalue weighted by atomic mass is 9.74. The van der Waals surface area contributed by atoms with Crippen molar-refractivity contribution in [3.8, 4) is 11.5 Å². The molecule has 138 valence electrons. The highest BCUT2D eigenvalue weighted by Crippen LogP contribution is 2.42. The van der Waals surface area contributed by atoms with Crippen molar-refractivity contribution in [2.75, 3.05) is 14.2 Å². The van der Waals surface area contributed by atoms with E-state index in [2.05, 4.69) is 13.8 Å². The van der Waals surface area contributed by atoms with Gasteiger partial charge in [0.25, 0.3) is 0 Å². The van der Waals surface area contributed by atoms with Crippen molar-refractivity contribution >= 4 is 16.8 Å². The van der Waals surface area contributed by atoms with Gasteiger partial charge in [-0.2, -0.15) is 0 Å². The van der Waals surface area contributed by atoms with Crippen molar-refractivity contribution in [2.45, 2.75) is 45.1 Å². The second-order valence-corrected chi connectivity index (χ2v) is 7.70. The number of hydrogen-bond acceptors (Lipinski definition) is 4. The van der Waals surface area contributed by atoms with E-state index in [1.165, 1.54) is 0 Å². The standard InChI is InChI=1S/C22H26O4/c1-12(2)14-10-15-16(21(26-6)20(14)25-5)9-13-7-8-19(24)22(3,4)17(13)11-18(15)23/h7-12,19,24H,1-6H3/t19-/m0/s1. The average Bonchev–Trinajstić information content (AvgIpc) is 2.74. The van der Waals surface area contributed by atoms with Crippen molar-refractivity contribution in [1.82, 2.24) is 0 Å². The first kappa shape index (κ1) is 18.5. The Balaban J connectivity index is 2.52. The van der Waals surface area contributed by atoms with Gasteiger partial charge in [0, 0.05) is 21.8 Å². The van der Waals surface area contributed by atoms with Crippen LogP contribution in [0, 0.1) is 0 Å². The molecular formula is C22H26O4. The summed E-state index contributed by atoms with van der Waals surface area (Å²) < 4.78 is 11.3. The fourth-order valence-corrected chi connectivity index (χ4v) is 3.68. The van der Waals surface area contributed by atoms with Gasteiger partial charge in [-0.15, -0.1) is 0 Å². The summed E-state index contributed by atoms with van der Waals surface area (Å²) in [7, 11) is 3.21. The molecule has 0 bridgehead atoms. The molecule has 4 heteroatoms. The Morgan fingerprint density at radius 3 is 2.27 bits per heavy atom. The largest absolute Gasteiger partial charge is 0.493 e. The number of benzene rings is 1. The first-order valence-corrected chi connectivity index (χ1v) is 8.86. The van der Waals surface area contributed by atoms with Gasteiger partial charge in [-0.25, -0.2) is 0 Å². The molecule has 0 amide bonds. The van der Waals surface area contributed by atoms with Crippen molar-refractivity contribution in [2.24, 2.45) is 0 Å². The molecule has 1 aliphatic carbocycles. The quantitative estimate of drug-likeness (QED) is 0.905. The van der Waals surface area contributed by atoms with Gasteiger partial charge in [-0.05, 0) is 35.2 Å². The maximum absolute atomic E-state index is 13.1.